The highest BCUT2D eigenvalue weighted by molar-refractivity contribution is 7.07. The van der Waals surface area contributed by atoms with Crippen LogP contribution in [0.4, 0.5) is 0 Å². The smallest absolute Gasteiger partial charge is 0.0506 e. The van der Waals surface area contributed by atoms with E-state index in [1.54, 1.807) is 11.3 Å². The summed E-state index contributed by atoms with van der Waals surface area (Å²) in [4.78, 5) is 0. The molecule has 0 radical (unpaired) electrons. The third-order valence-corrected chi connectivity index (χ3v) is 2.05. The number of hydrogen-bond donors (Lipinski definition) is 0. The van der Waals surface area contributed by atoms with Crippen LogP contribution in [0.1, 0.15) is 12.5 Å². The number of thiophene rings is 1. The zero-order valence-corrected chi connectivity index (χ0v) is 6.99. The predicted octanol–water partition coefficient (Wildman–Crippen LogP) is 2.33. The summed E-state index contributed by atoms with van der Waals surface area (Å²) in [6.07, 6.45) is 1.05. The Morgan fingerprint density at radius 1 is 1.60 bits per heavy atom. The van der Waals surface area contributed by atoms with E-state index in [1.165, 1.54) is 5.56 Å². The molecule has 56 valence electrons. The first-order chi connectivity index (χ1) is 4.93. The summed E-state index contributed by atoms with van der Waals surface area (Å²) in [6.45, 7) is 3.70. The Morgan fingerprint density at radius 3 is 3.10 bits per heavy atom. The molecule has 0 aliphatic heterocycles. The standard InChI is InChI=1S/C8H12OS/c1-2-9-5-3-8-4-6-10-7-8/h4,6-7H,2-3,5H2,1H3. The van der Waals surface area contributed by atoms with Gasteiger partial charge in [0.2, 0.25) is 0 Å². The minimum atomic E-state index is 0.824. The lowest BCUT2D eigenvalue weighted by molar-refractivity contribution is 0.151. The molecule has 0 aliphatic carbocycles. The van der Waals surface area contributed by atoms with E-state index >= 15 is 0 Å². The van der Waals surface area contributed by atoms with Crippen molar-refractivity contribution in [3.05, 3.63) is 22.4 Å². The lowest BCUT2D eigenvalue weighted by Crippen LogP contribution is -1.95. The van der Waals surface area contributed by atoms with Crippen molar-refractivity contribution in [3.63, 3.8) is 0 Å². The van der Waals surface area contributed by atoms with Gasteiger partial charge in [0.05, 0.1) is 6.61 Å². The van der Waals surface area contributed by atoms with Crippen molar-refractivity contribution in [2.45, 2.75) is 13.3 Å². The minimum Gasteiger partial charge on any atom is -0.381 e. The van der Waals surface area contributed by atoms with Crippen molar-refractivity contribution in [3.8, 4) is 0 Å². The molecular weight excluding hydrogens is 144 g/mol. The molecule has 2 heteroatoms. The fraction of sp³-hybridized carbons (Fsp3) is 0.500. The predicted molar refractivity (Wildman–Crippen MR) is 44.5 cm³/mol. The molecule has 0 unspecified atom stereocenters. The summed E-state index contributed by atoms with van der Waals surface area (Å²) in [6, 6.07) is 2.14. The normalized spacial score (nSPS) is 10.1. The van der Waals surface area contributed by atoms with Crippen molar-refractivity contribution in [2.75, 3.05) is 13.2 Å². The van der Waals surface area contributed by atoms with E-state index in [9.17, 15) is 0 Å². The second-order valence-corrected chi connectivity index (χ2v) is 2.86. The van der Waals surface area contributed by atoms with Gasteiger partial charge in [0.15, 0.2) is 0 Å². The summed E-state index contributed by atoms with van der Waals surface area (Å²) in [5.74, 6) is 0. The number of hydrogen-bond acceptors (Lipinski definition) is 2. The SMILES string of the molecule is CCOCCc1ccsc1. The molecule has 1 nitrogen and oxygen atoms in total. The van der Waals surface area contributed by atoms with E-state index in [-0.39, 0.29) is 0 Å². The summed E-state index contributed by atoms with van der Waals surface area (Å²) in [5.41, 5.74) is 1.39. The van der Waals surface area contributed by atoms with Gasteiger partial charge in [-0.1, -0.05) is 0 Å². The van der Waals surface area contributed by atoms with Crippen LogP contribution in [0.3, 0.4) is 0 Å². The van der Waals surface area contributed by atoms with Crippen LogP contribution in [0.15, 0.2) is 16.8 Å². The topological polar surface area (TPSA) is 9.23 Å². The van der Waals surface area contributed by atoms with Gasteiger partial charge in [-0.05, 0) is 35.7 Å². The third kappa shape index (κ3) is 2.50. The monoisotopic (exact) mass is 156 g/mol. The molecular formula is C8H12OS. The molecule has 0 amide bonds. The van der Waals surface area contributed by atoms with Crippen molar-refractivity contribution >= 4 is 11.3 Å². The Morgan fingerprint density at radius 2 is 2.50 bits per heavy atom. The van der Waals surface area contributed by atoms with E-state index in [0.29, 0.717) is 0 Å². The number of rotatable bonds is 4. The molecule has 0 aromatic carbocycles. The van der Waals surface area contributed by atoms with Gasteiger partial charge in [-0.2, -0.15) is 11.3 Å². The second-order valence-electron chi connectivity index (χ2n) is 2.08. The third-order valence-electron chi connectivity index (χ3n) is 1.32. The maximum absolute atomic E-state index is 5.21. The molecule has 0 saturated heterocycles. The zero-order chi connectivity index (χ0) is 7.23. The van der Waals surface area contributed by atoms with Crippen molar-refractivity contribution < 1.29 is 4.74 Å². The molecule has 1 rings (SSSR count). The van der Waals surface area contributed by atoms with E-state index in [0.717, 1.165) is 19.6 Å². The summed E-state index contributed by atoms with van der Waals surface area (Å²) in [7, 11) is 0. The molecule has 0 N–H and O–H groups in total. The lowest BCUT2D eigenvalue weighted by Gasteiger charge is -1.96. The van der Waals surface area contributed by atoms with Gasteiger partial charge >= 0.3 is 0 Å². The highest BCUT2D eigenvalue weighted by Crippen LogP contribution is 2.06. The van der Waals surface area contributed by atoms with Gasteiger partial charge in [-0.25, -0.2) is 0 Å². The van der Waals surface area contributed by atoms with E-state index in [1.807, 2.05) is 6.92 Å². The molecule has 1 aromatic rings. The van der Waals surface area contributed by atoms with Gasteiger partial charge in [0.1, 0.15) is 0 Å². The van der Waals surface area contributed by atoms with Crippen LogP contribution in [0.25, 0.3) is 0 Å². The summed E-state index contributed by atoms with van der Waals surface area (Å²) < 4.78 is 5.21. The summed E-state index contributed by atoms with van der Waals surface area (Å²) in [5, 5.41) is 4.26. The van der Waals surface area contributed by atoms with Crippen LogP contribution in [0.5, 0.6) is 0 Å². The van der Waals surface area contributed by atoms with E-state index in [4.69, 9.17) is 4.74 Å². The maximum atomic E-state index is 5.21. The van der Waals surface area contributed by atoms with Crippen LogP contribution < -0.4 is 0 Å². The Kier molecular flexibility index (Phi) is 3.47. The van der Waals surface area contributed by atoms with Gasteiger partial charge in [-0.15, -0.1) is 0 Å². The first kappa shape index (κ1) is 7.76. The Bertz CT molecular complexity index is 158. The fourth-order valence-corrected chi connectivity index (χ4v) is 1.47. The average Bonchev–Trinajstić information content (AvgIpc) is 2.41. The Labute approximate surface area is 65.6 Å². The fourth-order valence-electron chi connectivity index (χ4n) is 0.769. The van der Waals surface area contributed by atoms with Crippen molar-refractivity contribution in [1.82, 2.24) is 0 Å². The van der Waals surface area contributed by atoms with Crippen molar-refractivity contribution in [2.24, 2.45) is 0 Å². The van der Waals surface area contributed by atoms with Gasteiger partial charge in [-0.3, -0.25) is 0 Å². The molecule has 0 spiro atoms. The van der Waals surface area contributed by atoms with Gasteiger partial charge < -0.3 is 4.74 Å². The van der Waals surface area contributed by atoms with Crippen LogP contribution in [0.2, 0.25) is 0 Å². The lowest BCUT2D eigenvalue weighted by atomic mass is 10.3. The molecule has 0 saturated carbocycles. The average molecular weight is 156 g/mol. The maximum Gasteiger partial charge on any atom is 0.0506 e. The largest absolute Gasteiger partial charge is 0.381 e. The molecule has 1 aromatic heterocycles. The first-order valence-corrected chi connectivity index (χ1v) is 4.46. The van der Waals surface area contributed by atoms with Gasteiger partial charge in [0.25, 0.3) is 0 Å². The molecule has 10 heavy (non-hydrogen) atoms. The Balaban J connectivity index is 2.15. The zero-order valence-electron chi connectivity index (χ0n) is 6.17. The summed E-state index contributed by atoms with van der Waals surface area (Å²) >= 11 is 1.74. The first-order valence-electron chi connectivity index (χ1n) is 3.52. The van der Waals surface area contributed by atoms with Crippen LogP contribution in [-0.2, 0) is 11.2 Å². The van der Waals surface area contributed by atoms with Crippen molar-refractivity contribution in [1.29, 1.82) is 0 Å². The van der Waals surface area contributed by atoms with Gasteiger partial charge in [0, 0.05) is 6.61 Å². The molecule has 0 atom stereocenters. The molecule has 0 aliphatic rings. The van der Waals surface area contributed by atoms with Crippen LogP contribution in [-0.4, -0.2) is 13.2 Å². The van der Waals surface area contributed by atoms with Crippen LogP contribution in [0, 0.1) is 0 Å². The Hall–Kier alpha value is -0.340. The van der Waals surface area contributed by atoms with Crippen LogP contribution >= 0.6 is 11.3 Å². The van der Waals surface area contributed by atoms with E-state index in [2.05, 4.69) is 16.8 Å². The number of ether oxygens (including phenoxy) is 1. The highest BCUT2D eigenvalue weighted by Gasteiger charge is 1.90. The quantitative estimate of drug-likeness (QED) is 0.608. The highest BCUT2D eigenvalue weighted by atomic mass is 32.1. The molecule has 0 bridgehead atoms. The minimum absolute atomic E-state index is 0.824. The molecule has 0 fully saturated rings. The molecule has 1 heterocycles. The van der Waals surface area contributed by atoms with E-state index < -0.39 is 0 Å². The second kappa shape index (κ2) is 4.47.